The van der Waals surface area contributed by atoms with Crippen molar-refractivity contribution in [2.45, 2.75) is 0 Å². The molecule has 0 aliphatic heterocycles. The van der Waals surface area contributed by atoms with Crippen molar-refractivity contribution in [3.05, 3.63) is 170 Å². The van der Waals surface area contributed by atoms with Gasteiger partial charge in [-0.3, -0.25) is 9.55 Å². The highest BCUT2D eigenvalue weighted by atomic mass is 15.2. The Labute approximate surface area is 287 Å². The number of hydrogen-bond donors (Lipinski definition) is 0. The van der Waals surface area contributed by atoms with Gasteiger partial charge in [0.05, 0.1) is 27.8 Å². The third-order valence-electron chi connectivity index (χ3n) is 9.43. The van der Waals surface area contributed by atoms with Gasteiger partial charge >= 0.3 is 0 Å². The molecular formula is C44H28N6. The van der Waals surface area contributed by atoms with Gasteiger partial charge in [-0.15, -0.1) is 0 Å². The van der Waals surface area contributed by atoms with E-state index in [4.69, 9.17) is 19.9 Å². The molecular weight excluding hydrogens is 613 g/mol. The van der Waals surface area contributed by atoms with Gasteiger partial charge in [0.2, 0.25) is 5.95 Å². The van der Waals surface area contributed by atoms with Crippen molar-refractivity contribution in [3.8, 4) is 45.7 Å². The van der Waals surface area contributed by atoms with Crippen LogP contribution in [0.25, 0.3) is 89.3 Å². The van der Waals surface area contributed by atoms with E-state index in [0.29, 0.717) is 17.6 Å². The summed E-state index contributed by atoms with van der Waals surface area (Å²) in [5.41, 5.74) is 9.30. The molecule has 4 aromatic heterocycles. The minimum Gasteiger partial charge on any atom is -0.309 e. The number of para-hydroxylation sites is 3. The van der Waals surface area contributed by atoms with Gasteiger partial charge in [-0.05, 0) is 42.5 Å². The smallest absolute Gasteiger partial charge is 0.238 e. The average molecular weight is 641 g/mol. The predicted molar refractivity (Wildman–Crippen MR) is 203 cm³/mol. The molecule has 50 heavy (non-hydrogen) atoms. The first-order chi connectivity index (χ1) is 24.8. The fourth-order valence-electron chi connectivity index (χ4n) is 7.22. The maximum Gasteiger partial charge on any atom is 0.238 e. The molecule has 6 heteroatoms. The molecule has 0 N–H and O–H groups in total. The van der Waals surface area contributed by atoms with Gasteiger partial charge in [0.15, 0.2) is 11.6 Å². The van der Waals surface area contributed by atoms with Crippen molar-refractivity contribution in [2.24, 2.45) is 0 Å². The van der Waals surface area contributed by atoms with E-state index in [2.05, 4.69) is 112 Å². The van der Waals surface area contributed by atoms with Crippen LogP contribution in [0.2, 0.25) is 0 Å². The Kier molecular flexibility index (Phi) is 6.39. The summed E-state index contributed by atoms with van der Waals surface area (Å²) in [6.07, 6.45) is 1.92. The highest BCUT2D eigenvalue weighted by Crippen LogP contribution is 2.40. The number of hydrogen-bond acceptors (Lipinski definition) is 4. The van der Waals surface area contributed by atoms with Gasteiger partial charge < -0.3 is 4.57 Å². The second-order valence-electron chi connectivity index (χ2n) is 12.3. The molecule has 6 aromatic carbocycles. The molecule has 0 bridgehead atoms. The molecule has 0 aliphatic carbocycles. The van der Waals surface area contributed by atoms with E-state index in [1.807, 2.05) is 66.9 Å². The minimum absolute atomic E-state index is 0.572. The lowest BCUT2D eigenvalue weighted by Gasteiger charge is -2.11. The van der Waals surface area contributed by atoms with Crippen LogP contribution in [-0.2, 0) is 0 Å². The summed E-state index contributed by atoms with van der Waals surface area (Å²) < 4.78 is 4.49. The van der Waals surface area contributed by atoms with E-state index >= 15 is 0 Å². The Bertz CT molecular complexity index is 2800. The van der Waals surface area contributed by atoms with Gasteiger partial charge in [0.1, 0.15) is 0 Å². The number of pyridine rings is 1. The van der Waals surface area contributed by atoms with Crippen LogP contribution >= 0.6 is 0 Å². The van der Waals surface area contributed by atoms with Crippen LogP contribution in [0.5, 0.6) is 0 Å². The standard InChI is InChI=1S/C44H28N6/c1-4-14-29(15-5-1)42-46-43(30-16-6-2-7-17-30)48-44(47-42)50-36-22-12-10-20-33(36)35-28-31(24-25-38(35)50)41-40-34-21-11-13-23-37(34)49(39(40)26-27-45-41)32-18-8-3-9-19-32/h1-28H. The quantitative estimate of drug-likeness (QED) is 0.188. The summed E-state index contributed by atoms with van der Waals surface area (Å²) in [7, 11) is 0. The topological polar surface area (TPSA) is 61.4 Å². The van der Waals surface area contributed by atoms with Gasteiger partial charge in [-0.1, -0.05) is 121 Å². The van der Waals surface area contributed by atoms with Crippen LogP contribution in [-0.4, -0.2) is 29.1 Å². The molecule has 0 spiro atoms. The van der Waals surface area contributed by atoms with E-state index in [1.165, 1.54) is 5.39 Å². The van der Waals surface area contributed by atoms with Crippen molar-refractivity contribution in [2.75, 3.05) is 0 Å². The molecule has 234 valence electrons. The monoisotopic (exact) mass is 640 g/mol. The molecule has 0 fully saturated rings. The first-order valence-electron chi connectivity index (χ1n) is 16.7. The van der Waals surface area contributed by atoms with Crippen molar-refractivity contribution >= 4 is 43.6 Å². The summed E-state index contributed by atoms with van der Waals surface area (Å²) in [5, 5.41) is 4.52. The first kappa shape index (κ1) is 28.1. The summed E-state index contributed by atoms with van der Waals surface area (Å²) >= 11 is 0. The SMILES string of the molecule is c1ccc(-c2nc(-c3ccccc3)nc(-n3c4ccccc4c4cc(-c5nccc6c5c5ccccc5n6-c5ccccc5)ccc43)n2)cc1. The molecule has 0 aliphatic rings. The lowest BCUT2D eigenvalue weighted by Crippen LogP contribution is -2.06. The molecule has 0 atom stereocenters. The second-order valence-corrected chi connectivity index (χ2v) is 12.3. The number of nitrogens with zero attached hydrogens (tertiary/aromatic N) is 6. The normalized spacial score (nSPS) is 11.6. The summed E-state index contributed by atoms with van der Waals surface area (Å²) in [6, 6.07) is 56.5. The fraction of sp³-hybridized carbons (Fsp3) is 0. The van der Waals surface area contributed by atoms with E-state index in [0.717, 1.165) is 66.3 Å². The zero-order chi connectivity index (χ0) is 33.0. The highest BCUT2D eigenvalue weighted by Gasteiger charge is 2.21. The third kappa shape index (κ3) is 4.43. The second kappa shape index (κ2) is 11.4. The van der Waals surface area contributed by atoms with E-state index < -0.39 is 0 Å². The molecule has 0 radical (unpaired) electrons. The zero-order valence-electron chi connectivity index (χ0n) is 26.8. The van der Waals surface area contributed by atoms with Gasteiger partial charge in [0, 0.05) is 50.1 Å². The van der Waals surface area contributed by atoms with Crippen molar-refractivity contribution in [1.29, 1.82) is 0 Å². The van der Waals surface area contributed by atoms with Crippen molar-refractivity contribution < 1.29 is 0 Å². The summed E-state index contributed by atoms with van der Waals surface area (Å²) in [5.74, 6) is 1.83. The van der Waals surface area contributed by atoms with Crippen LogP contribution in [0.1, 0.15) is 0 Å². The molecule has 10 rings (SSSR count). The van der Waals surface area contributed by atoms with Crippen LogP contribution in [0, 0.1) is 0 Å². The van der Waals surface area contributed by atoms with Crippen LogP contribution in [0.15, 0.2) is 170 Å². The largest absolute Gasteiger partial charge is 0.309 e. The molecule has 0 saturated heterocycles. The Balaban J connectivity index is 1.22. The number of fused-ring (bicyclic) bond motifs is 6. The molecule has 10 aromatic rings. The lowest BCUT2D eigenvalue weighted by atomic mass is 10.0. The molecule has 6 nitrogen and oxygen atoms in total. The van der Waals surface area contributed by atoms with E-state index in [-0.39, 0.29) is 0 Å². The Morgan fingerprint density at radius 2 is 0.940 bits per heavy atom. The van der Waals surface area contributed by atoms with Crippen molar-refractivity contribution in [3.63, 3.8) is 0 Å². The van der Waals surface area contributed by atoms with E-state index in [1.54, 1.807) is 0 Å². The third-order valence-corrected chi connectivity index (χ3v) is 9.43. The maximum atomic E-state index is 5.08. The van der Waals surface area contributed by atoms with Crippen LogP contribution < -0.4 is 0 Å². The Hall–Kier alpha value is -6.92. The average Bonchev–Trinajstić information content (AvgIpc) is 3.71. The molecule has 0 saturated carbocycles. The zero-order valence-corrected chi connectivity index (χ0v) is 26.8. The summed E-state index contributed by atoms with van der Waals surface area (Å²) in [4.78, 5) is 20.1. The van der Waals surface area contributed by atoms with E-state index in [9.17, 15) is 0 Å². The predicted octanol–water partition coefficient (Wildman–Crippen LogP) is 10.5. The number of aromatic nitrogens is 6. The Morgan fingerprint density at radius 1 is 0.380 bits per heavy atom. The van der Waals surface area contributed by atoms with Crippen molar-refractivity contribution in [1.82, 2.24) is 29.1 Å². The number of rotatable bonds is 5. The molecule has 0 amide bonds. The molecule has 4 heterocycles. The van der Waals surface area contributed by atoms with Gasteiger partial charge in [-0.2, -0.15) is 9.97 Å². The Morgan fingerprint density at radius 3 is 1.62 bits per heavy atom. The fourth-order valence-corrected chi connectivity index (χ4v) is 7.22. The van der Waals surface area contributed by atoms with Gasteiger partial charge in [0.25, 0.3) is 0 Å². The van der Waals surface area contributed by atoms with Gasteiger partial charge in [-0.25, -0.2) is 4.98 Å². The van der Waals surface area contributed by atoms with Crippen LogP contribution in [0.4, 0.5) is 0 Å². The highest BCUT2D eigenvalue weighted by molar-refractivity contribution is 6.16. The lowest BCUT2D eigenvalue weighted by molar-refractivity contribution is 0.953. The summed E-state index contributed by atoms with van der Waals surface area (Å²) in [6.45, 7) is 0. The minimum atomic E-state index is 0.572. The van der Waals surface area contributed by atoms with Crippen LogP contribution in [0.3, 0.4) is 0 Å². The number of benzene rings is 6. The molecule has 0 unspecified atom stereocenters. The maximum absolute atomic E-state index is 5.08. The first-order valence-corrected chi connectivity index (χ1v) is 16.7.